The van der Waals surface area contributed by atoms with E-state index in [1.165, 1.54) is 63.4 Å². The van der Waals surface area contributed by atoms with Gasteiger partial charge in [-0.15, -0.1) is 0 Å². The van der Waals surface area contributed by atoms with Gasteiger partial charge in [0.2, 0.25) is 0 Å². The number of rotatable bonds is 4. The summed E-state index contributed by atoms with van der Waals surface area (Å²) in [5.74, 6) is 2.34. The zero-order valence-corrected chi connectivity index (χ0v) is 21.5. The second-order valence-corrected chi connectivity index (χ2v) is 13.9. The summed E-state index contributed by atoms with van der Waals surface area (Å²) in [5.41, 5.74) is 5.36. The first-order chi connectivity index (χ1) is 14.4. The van der Waals surface area contributed by atoms with Gasteiger partial charge in [0.1, 0.15) is 0 Å². The van der Waals surface area contributed by atoms with Crippen molar-refractivity contribution in [3.8, 4) is 0 Å². The average Bonchev–Trinajstić information content (AvgIpc) is 3.27. The number of aliphatic hydroxyl groups excluding tert-OH is 1. The first-order valence-corrected chi connectivity index (χ1v) is 13.5. The Morgan fingerprint density at radius 1 is 1.03 bits per heavy atom. The Kier molecular flexibility index (Phi) is 4.84. The van der Waals surface area contributed by atoms with E-state index in [1.54, 1.807) is 0 Å². The number of hydrogen-bond acceptors (Lipinski definition) is 1. The molecule has 0 heterocycles. The van der Waals surface area contributed by atoms with Crippen molar-refractivity contribution < 1.29 is 5.11 Å². The molecule has 0 saturated heterocycles. The fraction of sp³-hybridized carbons (Fsp3) is 0.867. The molecule has 0 aromatic carbocycles. The Hall–Kier alpha value is -0.560. The summed E-state index contributed by atoms with van der Waals surface area (Å²) in [4.78, 5) is 0. The molecular weight excluding hydrogens is 376 g/mol. The first-order valence-electron chi connectivity index (χ1n) is 13.5. The second-order valence-electron chi connectivity index (χ2n) is 13.9. The van der Waals surface area contributed by atoms with Gasteiger partial charge >= 0.3 is 0 Å². The van der Waals surface area contributed by atoms with Crippen LogP contribution < -0.4 is 0 Å². The lowest BCUT2D eigenvalue weighted by atomic mass is 9.41. The van der Waals surface area contributed by atoms with Crippen molar-refractivity contribution >= 4 is 0 Å². The quantitative estimate of drug-likeness (QED) is 0.452. The number of fused-ring (bicyclic) bond motifs is 2. The highest BCUT2D eigenvalue weighted by Gasteiger charge is 2.81. The summed E-state index contributed by atoms with van der Waals surface area (Å²) in [6.45, 7) is 17.1. The monoisotopic (exact) mass is 424 g/mol. The van der Waals surface area contributed by atoms with Crippen LogP contribution in [0.5, 0.6) is 0 Å². The van der Waals surface area contributed by atoms with Crippen LogP contribution in [0.3, 0.4) is 0 Å². The maximum absolute atomic E-state index is 10.8. The van der Waals surface area contributed by atoms with E-state index in [1.807, 2.05) is 5.57 Å². The predicted molar refractivity (Wildman–Crippen MR) is 131 cm³/mol. The van der Waals surface area contributed by atoms with Crippen molar-refractivity contribution in [1.29, 1.82) is 0 Å². The molecule has 2 spiro atoms. The normalized spacial score (nSPS) is 50.3. The predicted octanol–water partition coefficient (Wildman–Crippen LogP) is 8.09. The van der Waals surface area contributed by atoms with Gasteiger partial charge in [-0.2, -0.15) is 0 Å². The van der Waals surface area contributed by atoms with Crippen molar-refractivity contribution in [1.82, 2.24) is 0 Å². The topological polar surface area (TPSA) is 20.2 Å². The molecule has 4 saturated carbocycles. The van der Waals surface area contributed by atoms with Crippen LogP contribution in [-0.2, 0) is 0 Å². The van der Waals surface area contributed by atoms with Gasteiger partial charge in [-0.1, -0.05) is 57.9 Å². The first kappa shape index (κ1) is 22.2. The molecule has 4 fully saturated rings. The zero-order valence-electron chi connectivity index (χ0n) is 21.5. The van der Waals surface area contributed by atoms with E-state index < -0.39 is 0 Å². The third-order valence-corrected chi connectivity index (χ3v) is 12.4. The van der Waals surface area contributed by atoms with Crippen LogP contribution in [-0.4, -0.2) is 11.2 Å². The Bertz CT molecular complexity index is 814. The van der Waals surface area contributed by atoms with Crippen molar-refractivity contribution in [2.45, 2.75) is 119 Å². The fourth-order valence-electron chi connectivity index (χ4n) is 10.4. The van der Waals surface area contributed by atoms with E-state index in [4.69, 9.17) is 0 Å². The van der Waals surface area contributed by atoms with Gasteiger partial charge in [-0.05, 0) is 123 Å². The number of allylic oxidation sites excluding steroid dienone is 4. The number of hydrogen-bond donors (Lipinski definition) is 1. The van der Waals surface area contributed by atoms with Crippen LogP contribution in [0.1, 0.15) is 113 Å². The molecule has 0 aromatic heterocycles. The largest absolute Gasteiger partial charge is 0.393 e. The summed E-state index contributed by atoms with van der Waals surface area (Å²) < 4.78 is 0. The molecule has 0 aromatic rings. The minimum absolute atomic E-state index is 0.0943. The third-order valence-electron chi connectivity index (χ3n) is 12.4. The van der Waals surface area contributed by atoms with E-state index >= 15 is 0 Å². The van der Waals surface area contributed by atoms with Crippen molar-refractivity contribution in [3.63, 3.8) is 0 Å². The van der Waals surface area contributed by atoms with Gasteiger partial charge in [-0.25, -0.2) is 0 Å². The zero-order chi connectivity index (χ0) is 22.4. The summed E-state index contributed by atoms with van der Waals surface area (Å²) in [6, 6.07) is 0. The minimum Gasteiger partial charge on any atom is -0.393 e. The molecule has 0 aliphatic heterocycles. The molecule has 1 N–H and O–H groups in total. The summed E-state index contributed by atoms with van der Waals surface area (Å²) >= 11 is 0. The highest BCUT2D eigenvalue weighted by Crippen LogP contribution is 2.88. The molecule has 5 aliphatic carbocycles. The smallest absolute Gasteiger partial charge is 0.0594 e. The van der Waals surface area contributed by atoms with Crippen LogP contribution in [0.15, 0.2) is 23.3 Å². The summed E-state index contributed by atoms with van der Waals surface area (Å²) in [5, 5.41) is 10.8. The number of aliphatic hydroxyl groups is 1. The van der Waals surface area contributed by atoms with Crippen LogP contribution in [0.4, 0.5) is 0 Å². The van der Waals surface area contributed by atoms with Crippen LogP contribution in [0, 0.1) is 44.8 Å². The minimum atomic E-state index is -0.0943. The van der Waals surface area contributed by atoms with Gasteiger partial charge in [0.15, 0.2) is 0 Å². The average molecular weight is 425 g/mol. The molecule has 1 heteroatoms. The molecule has 5 rings (SSSR count). The van der Waals surface area contributed by atoms with Gasteiger partial charge in [-0.3, -0.25) is 0 Å². The molecule has 8 atom stereocenters. The molecule has 1 nitrogen and oxygen atoms in total. The molecule has 31 heavy (non-hydrogen) atoms. The Labute approximate surface area is 192 Å². The Morgan fingerprint density at radius 2 is 1.71 bits per heavy atom. The second kappa shape index (κ2) is 6.74. The van der Waals surface area contributed by atoms with Crippen molar-refractivity contribution in [3.05, 3.63) is 23.3 Å². The lowest BCUT2D eigenvalue weighted by Gasteiger charge is -2.63. The third kappa shape index (κ3) is 2.65. The van der Waals surface area contributed by atoms with Crippen molar-refractivity contribution in [2.75, 3.05) is 0 Å². The Balaban J connectivity index is 1.41. The van der Waals surface area contributed by atoms with Gasteiger partial charge in [0.05, 0.1) is 6.10 Å². The maximum atomic E-state index is 10.8. The standard InChI is InChI=1S/C30H48O/c1-20(2)9-8-10-21(3)22-13-15-28(7)24-12-11-23-26(4,5)25(31)14-16-29(23)19-30(24,29)18-17-27(22,28)6/h9,13,21,23-25,31H,8,10-12,14-19H2,1-7H3. The van der Waals surface area contributed by atoms with Crippen molar-refractivity contribution in [2.24, 2.45) is 44.8 Å². The van der Waals surface area contributed by atoms with Crippen LogP contribution in [0.2, 0.25) is 0 Å². The SMILES string of the molecule is CC(C)=CCCC(C)C1=CCC2(C)C3CCC4C(C)(C)C(O)CCC45CC35CCC12C. The summed E-state index contributed by atoms with van der Waals surface area (Å²) in [7, 11) is 0. The Morgan fingerprint density at radius 3 is 2.42 bits per heavy atom. The molecular formula is C30H48O. The molecule has 0 amide bonds. The van der Waals surface area contributed by atoms with E-state index in [2.05, 4.69) is 60.6 Å². The van der Waals surface area contributed by atoms with E-state index in [9.17, 15) is 5.11 Å². The van der Waals surface area contributed by atoms with E-state index in [-0.39, 0.29) is 11.5 Å². The van der Waals surface area contributed by atoms with Crippen LogP contribution >= 0.6 is 0 Å². The molecule has 0 bridgehead atoms. The summed E-state index contributed by atoms with van der Waals surface area (Å²) in [6.07, 6.45) is 18.3. The van der Waals surface area contributed by atoms with Gasteiger partial charge in [0.25, 0.3) is 0 Å². The lowest BCUT2D eigenvalue weighted by molar-refractivity contribution is -0.150. The lowest BCUT2D eigenvalue weighted by Crippen LogP contribution is -2.57. The van der Waals surface area contributed by atoms with Crippen LogP contribution in [0.25, 0.3) is 0 Å². The molecule has 5 aliphatic rings. The molecule has 0 radical (unpaired) electrons. The van der Waals surface area contributed by atoms with E-state index in [0.717, 1.165) is 18.3 Å². The molecule has 8 unspecified atom stereocenters. The highest BCUT2D eigenvalue weighted by molar-refractivity contribution is 5.37. The van der Waals surface area contributed by atoms with Gasteiger partial charge < -0.3 is 5.11 Å². The molecule has 174 valence electrons. The van der Waals surface area contributed by atoms with E-state index in [0.29, 0.717) is 27.6 Å². The highest BCUT2D eigenvalue weighted by atomic mass is 16.3. The van der Waals surface area contributed by atoms with Gasteiger partial charge in [0, 0.05) is 0 Å². The maximum Gasteiger partial charge on any atom is 0.0594 e. The fourth-order valence-corrected chi connectivity index (χ4v) is 10.4.